The van der Waals surface area contributed by atoms with Gasteiger partial charge < -0.3 is 10.5 Å². The van der Waals surface area contributed by atoms with Crippen molar-refractivity contribution >= 4 is 0 Å². The lowest BCUT2D eigenvalue weighted by Crippen LogP contribution is -2.24. The third-order valence-corrected chi connectivity index (χ3v) is 2.26. The van der Waals surface area contributed by atoms with Crippen LogP contribution in [-0.4, -0.2) is 19.3 Å². The zero-order valence-corrected chi connectivity index (χ0v) is 8.78. The van der Waals surface area contributed by atoms with Crippen LogP contribution in [0.4, 0.5) is 0 Å². The van der Waals surface area contributed by atoms with Crippen LogP contribution >= 0.6 is 0 Å². The van der Waals surface area contributed by atoms with Crippen LogP contribution in [0.25, 0.3) is 0 Å². The molecule has 0 amide bonds. The molecule has 0 saturated carbocycles. The van der Waals surface area contributed by atoms with Crippen LogP contribution in [0.2, 0.25) is 0 Å². The molecule has 0 bridgehead atoms. The summed E-state index contributed by atoms with van der Waals surface area (Å²) in [4.78, 5) is 0. The Morgan fingerprint density at radius 1 is 1.29 bits per heavy atom. The Labute approximate surface area is 86.1 Å². The maximum atomic E-state index is 5.60. The van der Waals surface area contributed by atoms with Crippen molar-refractivity contribution in [2.75, 3.05) is 13.2 Å². The Balaban J connectivity index is 2.32. The fourth-order valence-electron chi connectivity index (χ4n) is 1.48. The maximum absolute atomic E-state index is 5.60. The molecular formula is C12H19NO. The van der Waals surface area contributed by atoms with Crippen LogP contribution in [0.3, 0.4) is 0 Å². The molecule has 2 N–H and O–H groups in total. The summed E-state index contributed by atoms with van der Waals surface area (Å²) in [7, 11) is 0. The fourth-order valence-corrected chi connectivity index (χ4v) is 1.48. The Bertz CT molecular complexity index is 235. The monoisotopic (exact) mass is 193 g/mol. The molecule has 2 heteroatoms. The topological polar surface area (TPSA) is 35.2 Å². The largest absolute Gasteiger partial charge is 0.377 e. The van der Waals surface area contributed by atoms with E-state index in [4.69, 9.17) is 10.5 Å². The standard InChI is InChI=1S/C12H19NO/c1-2-14-12(10-13)9-8-11-6-4-3-5-7-11/h3-7,12H,2,8-10,13H2,1H3. The molecule has 0 aliphatic rings. The van der Waals surface area contributed by atoms with Gasteiger partial charge in [-0.3, -0.25) is 0 Å². The Hall–Kier alpha value is -0.860. The van der Waals surface area contributed by atoms with Crippen LogP contribution in [0.15, 0.2) is 30.3 Å². The van der Waals surface area contributed by atoms with Gasteiger partial charge in [0.2, 0.25) is 0 Å². The number of hydrogen-bond donors (Lipinski definition) is 1. The lowest BCUT2D eigenvalue weighted by atomic mass is 10.1. The highest BCUT2D eigenvalue weighted by Crippen LogP contribution is 2.06. The van der Waals surface area contributed by atoms with Crippen molar-refractivity contribution in [1.82, 2.24) is 0 Å². The van der Waals surface area contributed by atoms with Gasteiger partial charge in [-0.1, -0.05) is 30.3 Å². The van der Waals surface area contributed by atoms with Crippen molar-refractivity contribution in [3.63, 3.8) is 0 Å². The van der Waals surface area contributed by atoms with Gasteiger partial charge in [-0.2, -0.15) is 0 Å². The van der Waals surface area contributed by atoms with Crippen LogP contribution in [0, 0.1) is 0 Å². The van der Waals surface area contributed by atoms with Gasteiger partial charge in [0.25, 0.3) is 0 Å². The number of rotatable bonds is 6. The number of benzene rings is 1. The first-order valence-corrected chi connectivity index (χ1v) is 5.22. The summed E-state index contributed by atoms with van der Waals surface area (Å²) in [5, 5.41) is 0. The molecule has 0 spiro atoms. The van der Waals surface area contributed by atoms with Gasteiger partial charge in [0.05, 0.1) is 6.10 Å². The van der Waals surface area contributed by atoms with E-state index < -0.39 is 0 Å². The number of ether oxygens (including phenoxy) is 1. The maximum Gasteiger partial charge on any atom is 0.0700 e. The number of aryl methyl sites for hydroxylation is 1. The molecule has 1 aromatic carbocycles. The quantitative estimate of drug-likeness (QED) is 0.749. The molecule has 2 nitrogen and oxygen atoms in total. The SMILES string of the molecule is CCOC(CN)CCc1ccccc1. The van der Waals surface area contributed by atoms with Gasteiger partial charge in [-0.05, 0) is 25.3 Å². The molecule has 0 aliphatic heterocycles. The van der Waals surface area contributed by atoms with Crippen LogP contribution in [0.1, 0.15) is 18.9 Å². The van der Waals surface area contributed by atoms with Gasteiger partial charge in [0.15, 0.2) is 0 Å². The van der Waals surface area contributed by atoms with Crippen LogP contribution in [-0.2, 0) is 11.2 Å². The second kappa shape index (κ2) is 6.57. The summed E-state index contributed by atoms with van der Waals surface area (Å²) >= 11 is 0. The summed E-state index contributed by atoms with van der Waals surface area (Å²) < 4.78 is 5.49. The second-order valence-corrected chi connectivity index (χ2v) is 3.34. The average Bonchev–Trinajstić information content (AvgIpc) is 2.25. The summed E-state index contributed by atoms with van der Waals surface area (Å²) in [5.74, 6) is 0. The molecule has 1 atom stereocenters. The van der Waals surface area contributed by atoms with Gasteiger partial charge in [0, 0.05) is 13.2 Å². The predicted molar refractivity (Wildman–Crippen MR) is 59.2 cm³/mol. The summed E-state index contributed by atoms with van der Waals surface area (Å²) in [6.07, 6.45) is 2.26. The van der Waals surface area contributed by atoms with Crippen LogP contribution in [0.5, 0.6) is 0 Å². The van der Waals surface area contributed by atoms with E-state index in [0.29, 0.717) is 6.54 Å². The Morgan fingerprint density at radius 2 is 2.00 bits per heavy atom. The van der Waals surface area contributed by atoms with E-state index in [1.807, 2.05) is 13.0 Å². The molecular weight excluding hydrogens is 174 g/mol. The van der Waals surface area contributed by atoms with Crippen molar-refractivity contribution in [3.05, 3.63) is 35.9 Å². The zero-order chi connectivity index (χ0) is 10.2. The molecule has 1 aromatic rings. The summed E-state index contributed by atoms with van der Waals surface area (Å²) in [6.45, 7) is 3.36. The molecule has 0 radical (unpaired) electrons. The van der Waals surface area contributed by atoms with Gasteiger partial charge in [-0.25, -0.2) is 0 Å². The second-order valence-electron chi connectivity index (χ2n) is 3.34. The van der Waals surface area contributed by atoms with Gasteiger partial charge >= 0.3 is 0 Å². The Kier molecular flexibility index (Phi) is 5.27. The molecule has 0 saturated heterocycles. The minimum Gasteiger partial charge on any atom is -0.377 e. The van der Waals surface area contributed by atoms with Crippen molar-refractivity contribution in [1.29, 1.82) is 0 Å². The predicted octanol–water partition coefficient (Wildman–Crippen LogP) is 1.98. The average molecular weight is 193 g/mol. The molecule has 0 aromatic heterocycles. The summed E-state index contributed by atoms with van der Waals surface area (Å²) in [5.41, 5.74) is 6.95. The van der Waals surface area contributed by atoms with E-state index in [0.717, 1.165) is 19.4 Å². The highest BCUT2D eigenvalue weighted by Gasteiger charge is 2.05. The van der Waals surface area contributed by atoms with Crippen LogP contribution < -0.4 is 5.73 Å². The molecule has 0 aliphatic carbocycles. The first-order chi connectivity index (χ1) is 6.86. The lowest BCUT2D eigenvalue weighted by molar-refractivity contribution is 0.0633. The summed E-state index contributed by atoms with van der Waals surface area (Å²) in [6, 6.07) is 10.4. The van der Waals surface area contributed by atoms with E-state index in [9.17, 15) is 0 Å². The molecule has 1 rings (SSSR count). The van der Waals surface area contributed by atoms with Gasteiger partial charge in [-0.15, -0.1) is 0 Å². The van der Waals surface area contributed by atoms with Crippen molar-refractivity contribution in [2.45, 2.75) is 25.9 Å². The molecule has 1 unspecified atom stereocenters. The minimum atomic E-state index is 0.209. The molecule has 78 valence electrons. The van der Waals surface area contributed by atoms with Crippen molar-refractivity contribution < 1.29 is 4.74 Å². The van der Waals surface area contributed by atoms with E-state index in [1.165, 1.54) is 5.56 Å². The van der Waals surface area contributed by atoms with Gasteiger partial charge in [0.1, 0.15) is 0 Å². The molecule has 0 heterocycles. The lowest BCUT2D eigenvalue weighted by Gasteiger charge is -2.14. The third-order valence-electron chi connectivity index (χ3n) is 2.26. The van der Waals surface area contributed by atoms with E-state index in [-0.39, 0.29) is 6.10 Å². The highest BCUT2D eigenvalue weighted by molar-refractivity contribution is 5.14. The van der Waals surface area contributed by atoms with E-state index in [1.54, 1.807) is 0 Å². The van der Waals surface area contributed by atoms with E-state index in [2.05, 4.69) is 24.3 Å². The Morgan fingerprint density at radius 3 is 2.57 bits per heavy atom. The van der Waals surface area contributed by atoms with Crippen molar-refractivity contribution in [3.8, 4) is 0 Å². The smallest absolute Gasteiger partial charge is 0.0700 e. The van der Waals surface area contributed by atoms with E-state index >= 15 is 0 Å². The minimum absolute atomic E-state index is 0.209. The first-order valence-electron chi connectivity index (χ1n) is 5.22. The number of nitrogens with two attached hydrogens (primary N) is 1. The normalized spacial score (nSPS) is 12.7. The zero-order valence-electron chi connectivity index (χ0n) is 8.78. The van der Waals surface area contributed by atoms with Crippen molar-refractivity contribution in [2.24, 2.45) is 5.73 Å². The number of hydrogen-bond acceptors (Lipinski definition) is 2. The fraction of sp³-hybridized carbons (Fsp3) is 0.500. The highest BCUT2D eigenvalue weighted by atomic mass is 16.5. The first kappa shape index (κ1) is 11.2. The molecule has 14 heavy (non-hydrogen) atoms. The molecule has 0 fully saturated rings. The third kappa shape index (κ3) is 3.90.